The fraction of sp³-hybridized carbons (Fsp3) is 0.600. The molecule has 0 aromatic heterocycles. The highest BCUT2D eigenvalue weighted by Gasteiger charge is 2.35. The predicted octanol–water partition coefficient (Wildman–Crippen LogP) is 3.35. The number of hydrogen-bond donors (Lipinski definition) is 1. The summed E-state index contributed by atoms with van der Waals surface area (Å²) in [6, 6.07) is 0. The second kappa shape index (κ2) is 8.39. The molecule has 1 heterocycles. The number of benzene rings is 1. The summed E-state index contributed by atoms with van der Waals surface area (Å²) in [6.45, 7) is 5.72. The van der Waals surface area contributed by atoms with Gasteiger partial charge >= 0.3 is 19.0 Å². The van der Waals surface area contributed by atoms with Crippen molar-refractivity contribution in [1.82, 2.24) is 4.90 Å². The summed E-state index contributed by atoms with van der Waals surface area (Å²) in [4.78, 5) is 26.9. The number of rotatable bonds is 4. The van der Waals surface area contributed by atoms with Gasteiger partial charge in [-0.1, -0.05) is 11.1 Å². The molecule has 1 fully saturated rings. The number of amides is 1. The molecule has 168 valence electrons. The van der Waals surface area contributed by atoms with Gasteiger partial charge in [0, 0.05) is 31.9 Å². The highest BCUT2D eigenvalue weighted by Crippen LogP contribution is 2.33. The van der Waals surface area contributed by atoms with Crippen molar-refractivity contribution in [2.75, 3.05) is 31.1 Å². The number of hydrogen-bond acceptors (Lipinski definition) is 4. The van der Waals surface area contributed by atoms with Crippen LogP contribution in [0.2, 0.25) is 0 Å². The summed E-state index contributed by atoms with van der Waals surface area (Å²) in [6.07, 6.45) is -0.924. The molecular formula is C20H29BF3N2O4-. The maximum absolute atomic E-state index is 13.9. The van der Waals surface area contributed by atoms with Crippen molar-refractivity contribution in [3.05, 3.63) is 22.3 Å². The lowest BCUT2D eigenvalue weighted by Crippen LogP contribution is -2.51. The van der Waals surface area contributed by atoms with Crippen molar-refractivity contribution < 1.29 is 32.4 Å². The molecule has 0 radical (unpaired) electrons. The predicted molar refractivity (Wildman–Crippen MR) is 111 cm³/mol. The summed E-state index contributed by atoms with van der Waals surface area (Å²) in [5.74, 6) is -1.17. The van der Waals surface area contributed by atoms with E-state index in [1.807, 2.05) is 4.90 Å². The zero-order valence-corrected chi connectivity index (χ0v) is 18.3. The molecule has 6 nitrogen and oxygen atoms in total. The molecule has 0 saturated carbocycles. The van der Waals surface area contributed by atoms with E-state index in [4.69, 9.17) is 4.74 Å². The van der Waals surface area contributed by atoms with Crippen molar-refractivity contribution >= 4 is 30.2 Å². The van der Waals surface area contributed by atoms with Crippen LogP contribution in [-0.2, 0) is 16.0 Å². The number of anilines is 1. The van der Waals surface area contributed by atoms with E-state index < -0.39 is 36.5 Å². The quantitative estimate of drug-likeness (QED) is 0.744. The van der Waals surface area contributed by atoms with Crippen LogP contribution in [0.15, 0.2) is 0 Å². The Kier molecular flexibility index (Phi) is 6.68. The van der Waals surface area contributed by atoms with Crippen molar-refractivity contribution in [2.24, 2.45) is 0 Å². The van der Waals surface area contributed by atoms with Crippen LogP contribution < -0.4 is 10.4 Å². The Morgan fingerprint density at radius 3 is 1.97 bits per heavy atom. The van der Waals surface area contributed by atoms with Gasteiger partial charge in [-0.15, -0.1) is 5.46 Å². The molecule has 1 aromatic rings. The fourth-order valence-corrected chi connectivity index (χ4v) is 4.10. The first-order chi connectivity index (χ1) is 13.6. The molecule has 30 heavy (non-hydrogen) atoms. The first kappa shape index (κ1) is 23.9. The summed E-state index contributed by atoms with van der Waals surface area (Å²) in [7, 11) is 0. The first-order valence-electron chi connectivity index (χ1n) is 9.90. The minimum Gasteiger partial charge on any atom is -0.481 e. The summed E-state index contributed by atoms with van der Waals surface area (Å²) >= 11 is 0. The molecule has 10 heteroatoms. The van der Waals surface area contributed by atoms with Crippen molar-refractivity contribution in [2.45, 2.75) is 53.6 Å². The SMILES string of the molecule is Cc1c(CC(=O)O)c(C)c([B-](F)(F)F)c(C)c1N1CCN(C(=O)OC(C)(C)C)CC1. The van der Waals surface area contributed by atoms with E-state index in [1.165, 1.54) is 18.7 Å². The van der Waals surface area contributed by atoms with Gasteiger partial charge in [0.15, 0.2) is 0 Å². The minimum atomic E-state index is -5.31. The van der Waals surface area contributed by atoms with E-state index in [0.29, 0.717) is 37.4 Å². The van der Waals surface area contributed by atoms with Crippen LogP contribution in [0.25, 0.3) is 0 Å². The summed E-state index contributed by atoms with van der Waals surface area (Å²) in [5.41, 5.74) is -0.105. The maximum Gasteiger partial charge on any atom is 0.510 e. The summed E-state index contributed by atoms with van der Waals surface area (Å²) < 4.78 is 46.9. The third-order valence-electron chi connectivity index (χ3n) is 5.33. The Hall–Kier alpha value is -2.39. The van der Waals surface area contributed by atoms with Gasteiger partial charge in [0.2, 0.25) is 0 Å². The molecule has 1 saturated heterocycles. The van der Waals surface area contributed by atoms with Crippen molar-refractivity contribution in [3.63, 3.8) is 0 Å². The molecule has 1 aliphatic heterocycles. The Morgan fingerprint density at radius 2 is 1.53 bits per heavy atom. The average Bonchev–Trinajstić information content (AvgIpc) is 2.56. The van der Waals surface area contributed by atoms with Gasteiger partial charge < -0.3 is 32.6 Å². The van der Waals surface area contributed by atoms with E-state index in [-0.39, 0.29) is 16.7 Å². The highest BCUT2D eigenvalue weighted by atomic mass is 19.4. The largest absolute Gasteiger partial charge is 0.510 e. The number of nitrogens with zero attached hydrogens (tertiary/aromatic N) is 2. The standard InChI is InChI=1S/C20H29BF3N2O4/c1-12-15(11-16(27)28)13(2)18(14(3)17(12)21(22,23)24)25-7-9-26(10-8-25)19(29)30-20(4,5)6/h7-11H2,1-6H3,(H,27,28)/q-1. The molecule has 1 amide bonds. The van der Waals surface area contributed by atoms with Crippen molar-refractivity contribution in [1.29, 1.82) is 0 Å². The third kappa shape index (κ3) is 5.20. The maximum atomic E-state index is 13.9. The van der Waals surface area contributed by atoms with E-state index >= 15 is 0 Å². The lowest BCUT2D eigenvalue weighted by atomic mass is 9.71. The Bertz CT molecular complexity index is 842. The number of piperazine rings is 1. The number of carboxylic acid groups (broad SMARTS) is 1. The molecule has 0 bridgehead atoms. The number of ether oxygens (including phenoxy) is 1. The van der Waals surface area contributed by atoms with Crippen LogP contribution >= 0.6 is 0 Å². The second-order valence-electron chi connectivity index (χ2n) is 8.72. The molecular weight excluding hydrogens is 400 g/mol. The lowest BCUT2D eigenvalue weighted by Gasteiger charge is -2.40. The van der Waals surface area contributed by atoms with Gasteiger partial charge in [-0.2, -0.15) is 0 Å². The topological polar surface area (TPSA) is 70.1 Å². The Labute approximate surface area is 175 Å². The van der Waals surface area contributed by atoms with Crippen LogP contribution in [0, 0.1) is 20.8 Å². The average molecular weight is 429 g/mol. The fourth-order valence-electron chi connectivity index (χ4n) is 4.10. The zero-order valence-electron chi connectivity index (χ0n) is 18.3. The van der Waals surface area contributed by atoms with Crippen LogP contribution in [-0.4, -0.2) is 60.8 Å². The van der Waals surface area contributed by atoms with Crippen LogP contribution in [0.3, 0.4) is 0 Å². The molecule has 0 spiro atoms. The van der Waals surface area contributed by atoms with Crippen molar-refractivity contribution in [3.8, 4) is 0 Å². The van der Waals surface area contributed by atoms with Gasteiger partial charge in [0.05, 0.1) is 6.42 Å². The normalized spacial score (nSPS) is 15.4. The lowest BCUT2D eigenvalue weighted by molar-refractivity contribution is -0.136. The molecule has 1 aromatic carbocycles. The monoisotopic (exact) mass is 429 g/mol. The third-order valence-corrected chi connectivity index (χ3v) is 5.33. The molecule has 1 N–H and O–H groups in total. The number of halogens is 3. The number of carbonyl (C=O) groups is 2. The van der Waals surface area contributed by atoms with Gasteiger partial charge in [-0.3, -0.25) is 4.79 Å². The zero-order chi connectivity index (χ0) is 23.0. The molecule has 0 unspecified atom stereocenters. The van der Waals surface area contributed by atoms with Gasteiger partial charge in [-0.25, -0.2) is 4.79 Å². The Balaban J connectivity index is 2.40. The van der Waals surface area contributed by atoms with E-state index in [1.54, 1.807) is 27.7 Å². The van der Waals surface area contributed by atoms with Crippen LogP contribution in [0.4, 0.5) is 23.4 Å². The van der Waals surface area contributed by atoms with E-state index in [2.05, 4.69) is 0 Å². The molecule has 0 atom stereocenters. The van der Waals surface area contributed by atoms with Gasteiger partial charge in [0.1, 0.15) is 5.60 Å². The number of aliphatic carboxylic acids is 1. The number of carbonyl (C=O) groups excluding carboxylic acids is 1. The van der Waals surface area contributed by atoms with Crippen LogP contribution in [0.5, 0.6) is 0 Å². The van der Waals surface area contributed by atoms with E-state index in [0.717, 1.165) is 0 Å². The molecule has 1 aliphatic rings. The van der Waals surface area contributed by atoms with Gasteiger partial charge in [-0.05, 0) is 52.7 Å². The molecule has 2 rings (SSSR count). The smallest absolute Gasteiger partial charge is 0.481 e. The second-order valence-corrected chi connectivity index (χ2v) is 8.72. The molecule has 0 aliphatic carbocycles. The van der Waals surface area contributed by atoms with E-state index in [9.17, 15) is 27.6 Å². The highest BCUT2D eigenvalue weighted by molar-refractivity contribution is 6.74. The van der Waals surface area contributed by atoms with Gasteiger partial charge in [0.25, 0.3) is 0 Å². The van der Waals surface area contributed by atoms with Crippen LogP contribution in [0.1, 0.15) is 43.0 Å². The minimum absolute atomic E-state index is 0.0176. The number of carboxylic acids is 1. The summed E-state index contributed by atoms with van der Waals surface area (Å²) in [5, 5.41) is 9.22. The Morgan fingerprint density at radius 1 is 1.00 bits per heavy atom. The first-order valence-corrected chi connectivity index (χ1v) is 9.90.